The molecule has 4 rings (SSSR count). The standard InChI is InChI=1S/C15H13N5O2S/c1-22-12-7-9(4-5-11(12)21)14-19-20-13(17-18-15(20)23-14)10-3-2-6-16-8-10/h2-8,14,19,21H,1H3/t14-/m1/s1. The smallest absolute Gasteiger partial charge is 0.212 e. The number of fused-ring (bicyclic) bond motifs is 1. The van der Waals surface area contributed by atoms with Gasteiger partial charge in [-0.15, -0.1) is 10.2 Å². The van der Waals surface area contributed by atoms with Crippen LogP contribution in [0.3, 0.4) is 0 Å². The van der Waals surface area contributed by atoms with Crippen molar-refractivity contribution in [3.8, 4) is 22.9 Å². The molecule has 0 radical (unpaired) electrons. The first-order chi connectivity index (χ1) is 11.3. The molecular formula is C15H13N5O2S. The SMILES string of the molecule is COc1cc([C@@H]2Nn3c(nnc3-c3cccnc3)S2)ccc1O. The van der Waals surface area contributed by atoms with E-state index in [0.717, 1.165) is 16.3 Å². The zero-order valence-electron chi connectivity index (χ0n) is 12.2. The van der Waals surface area contributed by atoms with Gasteiger partial charge in [0.05, 0.1) is 7.11 Å². The number of aromatic hydroxyl groups is 1. The van der Waals surface area contributed by atoms with Crippen LogP contribution in [-0.4, -0.2) is 32.1 Å². The quantitative estimate of drug-likeness (QED) is 0.764. The van der Waals surface area contributed by atoms with Crippen LogP contribution in [0.5, 0.6) is 11.5 Å². The molecule has 0 bridgehead atoms. The molecule has 3 aromatic rings. The van der Waals surface area contributed by atoms with Crippen LogP contribution in [0.1, 0.15) is 10.9 Å². The van der Waals surface area contributed by atoms with Gasteiger partial charge >= 0.3 is 0 Å². The molecule has 3 heterocycles. The minimum Gasteiger partial charge on any atom is -0.504 e. The summed E-state index contributed by atoms with van der Waals surface area (Å²) in [5, 5.41) is 18.9. The third-order valence-corrected chi connectivity index (χ3v) is 4.62. The number of ether oxygens (including phenoxy) is 1. The highest BCUT2D eigenvalue weighted by molar-refractivity contribution is 7.99. The zero-order chi connectivity index (χ0) is 15.8. The van der Waals surface area contributed by atoms with Crippen LogP contribution in [-0.2, 0) is 0 Å². The molecule has 7 nitrogen and oxygen atoms in total. The summed E-state index contributed by atoms with van der Waals surface area (Å²) >= 11 is 1.55. The number of benzene rings is 1. The Morgan fingerprint density at radius 3 is 3.00 bits per heavy atom. The number of methoxy groups -OCH3 is 1. The van der Waals surface area contributed by atoms with Crippen LogP contribution >= 0.6 is 11.8 Å². The van der Waals surface area contributed by atoms with Crippen molar-refractivity contribution in [2.24, 2.45) is 0 Å². The van der Waals surface area contributed by atoms with Gasteiger partial charge < -0.3 is 15.3 Å². The number of phenols is 1. The molecule has 0 fully saturated rings. The maximum absolute atomic E-state index is 9.72. The minimum absolute atomic E-state index is 0.0366. The molecule has 23 heavy (non-hydrogen) atoms. The number of nitrogens with one attached hydrogen (secondary N) is 1. The summed E-state index contributed by atoms with van der Waals surface area (Å²) < 4.78 is 7.02. The predicted octanol–water partition coefficient (Wildman–Crippen LogP) is 2.40. The van der Waals surface area contributed by atoms with Crippen molar-refractivity contribution in [1.29, 1.82) is 0 Å². The van der Waals surface area contributed by atoms with Crippen molar-refractivity contribution in [2.45, 2.75) is 10.5 Å². The molecule has 1 atom stereocenters. The lowest BCUT2D eigenvalue weighted by molar-refractivity contribution is 0.373. The highest BCUT2D eigenvalue weighted by Gasteiger charge is 2.28. The van der Waals surface area contributed by atoms with Crippen molar-refractivity contribution in [3.05, 3.63) is 48.3 Å². The van der Waals surface area contributed by atoms with E-state index in [0.29, 0.717) is 11.6 Å². The van der Waals surface area contributed by atoms with Crippen molar-refractivity contribution in [2.75, 3.05) is 12.5 Å². The third kappa shape index (κ3) is 2.36. The van der Waals surface area contributed by atoms with Gasteiger partial charge in [-0.25, -0.2) is 4.68 Å². The summed E-state index contributed by atoms with van der Waals surface area (Å²) in [6, 6.07) is 9.09. The van der Waals surface area contributed by atoms with E-state index in [9.17, 15) is 5.11 Å². The van der Waals surface area contributed by atoms with Gasteiger partial charge in [-0.3, -0.25) is 4.98 Å². The largest absolute Gasteiger partial charge is 0.504 e. The van der Waals surface area contributed by atoms with E-state index < -0.39 is 0 Å². The fraction of sp³-hybridized carbons (Fsp3) is 0.133. The van der Waals surface area contributed by atoms with E-state index in [1.54, 1.807) is 30.2 Å². The zero-order valence-corrected chi connectivity index (χ0v) is 13.0. The molecule has 0 amide bonds. The monoisotopic (exact) mass is 327 g/mol. The lowest BCUT2D eigenvalue weighted by Crippen LogP contribution is -2.13. The van der Waals surface area contributed by atoms with Crippen molar-refractivity contribution >= 4 is 11.8 Å². The van der Waals surface area contributed by atoms with E-state index >= 15 is 0 Å². The average Bonchev–Trinajstić information content (AvgIpc) is 3.16. The van der Waals surface area contributed by atoms with Crippen LogP contribution in [0.4, 0.5) is 0 Å². The summed E-state index contributed by atoms with van der Waals surface area (Å²) in [6.45, 7) is 0. The Morgan fingerprint density at radius 1 is 1.30 bits per heavy atom. The van der Waals surface area contributed by atoms with Gasteiger partial charge in [-0.05, 0) is 29.8 Å². The Labute approximate surface area is 136 Å². The lowest BCUT2D eigenvalue weighted by atomic mass is 10.2. The molecule has 0 aliphatic carbocycles. The molecule has 0 spiro atoms. The highest BCUT2D eigenvalue weighted by Crippen LogP contribution is 2.42. The second-order valence-electron chi connectivity index (χ2n) is 4.94. The summed E-state index contributed by atoms with van der Waals surface area (Å²) in [6.07, 6.45) is 3.47. The molecule has 0 unspecified atom stereocenters. The number of hydrogen-bond acceptors (Lipinski definition) is 7. The molecule has 1 aliphatic rings. The first-order valence-electron chi connectivity index (χ1n) is 6.92. The number of rotatable bonds is 3. The van der Waals surface area contributed by atoms with E-state index in [1.807, 2.05) is 28.9 Å². The Balaban J connectivity index is 1.65. The fourth-order valence-corrected chi connectivity index (χ4v) is 3.38. The third-order valence-electron chi connectivity index (χ3n) is 3.53. The van der Waals surface area contributed by atoms with E-state index in [-0.39, 0.29) is 11.1 Å². The summed E-state index contributed by atoms with van der Waals surface area (Å²) in [5.74, 6) is 1.28. The van der Waals surface area contributed by atoms with E-state index in [1.165, 1.54) is 7.11 Å². The second-order valence-corrected chi connectivity index (χ2v) is 6.01. The lowest BCUT2D eigenvalue weighted by Gasteiger charge is -2.13. The molecule has 116 valence electrons. The summed E-state index contributed by atoms with van der Waals surface area (Å²) in [5.41, 5.74) is 5.23. The van der Waals surface area contributed by atoms with Gasteiger partial charge in [0.1, 0.15) is 5.37 Å². The maximum atomic E-state index is 9.72. The molecular weight excluding hydrogens is 314 g/mol. The molecule has 2 aromatic heterocycles. The van der Waals surface area contributed by atoms with Crippen molar-refractivity contribution in [3.63, 3.8) is 0 Å². The molecule has 0 saturated carbocycles. The summed E-state index contributed by atoms with van der Waals surface area (Å²) in [7, 11) is 1.53. The number of pyridine rings is 1. The first kappa shape index (κ1) is 13.9. The number of thioether (sulfide) groups is 1. The Hall–Kier alpha value is -2.74. The van der Waals surface area contributed by atoms with Gasteiger partial charge in [0.2, 0.25) is 5.16 Å². The molecule has 0 saturated heterocycles. The van der Waals surface area contributed by atoms with Crippen LogP contribution in [0.2, 0.25) is 0 Å². The number of hydrogen-bond donors (Lipinski definition) is 2. The average molecular weight is 327 g/mol. The van der Waals surface area contributed by atoms with Crippen LogP contribution < -0.4 is 10.2 Å². The second kappa shape index (κ2) is 5.47. The Morgan fingerprint density at radius 2 is 2.22 bits per heavy atom. The van der Waals surface area contributed by atoms with Crippen LogP contribution in [0.25, 0.3) is 11.4 Å². The number of phenolic OH excluding ortho intramolecular Hbond substituents is 1. The molecule has 8 heteroatoms. The Bertz CT molecular complexity index is 852. The number of aromatic nitrogens is 4. The number of nitrogens with zero attached hydrogens (tertiary/aromatic N) is 4. The van der Waals surface area contributed by atoms with Gasteiger partial charge in [0.25, 0.3) is 0 Å². The molecule has 1 aromatic carbocycles. The van der Waals surface area contributed by atoms with Gasteiger partial charge in [-0.1, -0.05) is 17.8 Å². The maximum Gasteiger partial charge on any atom is 0.212 e. The fourth-order valence-electron chi connectivity index (χ4n) is 2.39. The van der Waals surface area contributed by atoms with Gasteiger partial charge in [0, 0.05) is 18.0 Å². The van der Waals surface area contributed by atoms with Crippen molar-refractivity contribution in [1.82, 2.24) is 19.9 Å². The molecule has 1 aliphatic heterocycles. The summed E-state index contributed by atoms with van der Waals surface area (Å²) in [4.78, 5) is 4.12. The van der Waals surface area contributed by atoms with E-state index in [2.05, 4.69) is 20.6 Å². The first-order valence-corrected chi connectivity index (χ1v) is 7.80. The highest BCUT2D eigenvalue weighted by atomic mass is 32.2. The normalized spacial score (nSPS) is 16.0. The van der Waals surface area contributed by atoms with Crippen LogP contribution in [0.15, 0.2) is 47.9 Å². The van der Waals surface area contributed by atoms with Crippen molar-refractivity contribution < 1.29 is 9.84 Å². The Kier molecular flexibility index (Phi) is 3.30. The van der Waals surface area contributed by atoms with Crippen LogP contribution in [0, 0.1) is 0 Å². The van der Waals surface area contributed by atoms with Gasteiger partial charge in [0.15, 0.2) is 17.3 Å². The minimum atomic E-state index is -0.0366. The topological polar surface area (TPSA) is 85.1 Å². The van der Waals surface area contributed by atoms with Gasteiger partial charge in [-0.2, -0.15) is 0 Å². The predicted molar refractivity (Wildman–Crippen MR) is 85.9 cm³/mol. The molecule has 2 N–H and O–H groups in total. The van der Waals surface area contributed by atoms with E-state index in [4.69, 9.17) is 4.74 Å².